The van der Waals surface area contributed by atoms with Gasteiger partial charge in [-0.2, -0.15) is 0 Å². The van der Waals surface area contributed by atoms with E-state index in [1.54, 1.807) is 19.2 Å². The molecule has 0 fully saturated rings. The van der Waals surface area contributed by atoms with Crippen molar-refractivity contribution in [2.75, 3.05) is 18.9 Å². The van der Waals surface area contributed by atoms with Gasteiger partial charge in [0.25, 0.3) is 5.91 Å². The minimum absolute atomic E-state index is 0.0799. The number of hydrogen-bond donors (Lipinski definition) is 1. The van der Waals surface area contributed by atoms with Crippen LogP contribution >= 0.6 is 11.6 Å². The van der Waals surface area contributed by atoms with Gasteiger partial charge >= 0.3 is 0 Å². The Hall–Kier alpha value is -3.37. The molecule has 0 saturated heterocycles. The Morgan fingerprint density at radius 3 is 2.29 bits per heavy atom. The number of hydrogen-bond acceptors (Lipinski definition) is 3. The van der Waals surface area contributed by atoms with Crippen LogP contribution in [0.2, 0.25) is 5.15 Å². The molecule has 180 valence electrons. The molecule has 1 heterocycles. The van der Waals surface area contributed by atoms with Gasteiger partial charge < -0.3 is 10.2 Å². The van der Waals surface area contributed by atoms with Gasteiger partial charge in [-0.15, -0.1) is 0 Å². The van der Waals surface area contributed by atoms with E-state index >= 15 is 0 Å². The third-order valence-electron chi connectivity index (χ3n) is 6.30. The predicted octanol–water partition coefficient (Wildman–Crippen LogP) is 7.11. The second kappa shape index (κ2) is 10.5. The minimum Gasteiger partial charge on any atom is -0.386 e. The number of aromatic nitrogens is 1. The first-order valence-electron chi connectivity index (χ1n) is 12.0. The van der Waals surface area contributed by atoms with Gasteiger partial charge in [-0.25, -0.2) is 4.98 Å². The Morgan fingerprint density at radius 1 is 0.914 bits per heavy atom. The minimum atomic E-state index is -0.141. The van der Waals surface area contributed by atoms with E-state index < -0.39 is 0 Å². The molecule has 1 amide bonds. The Bertz CT molecular complexity index is 1330. The van der Waals surface area contributed by atoms with Crippen molar-refractivity contribution in [1.82, 2.24) is 9.88 Å². The van der Waals surface area contributed by atoms with E-state index in [0.717, 1.165) is 12.0 Å². The second-order valence-corrected chi connectivity index (χ2v) is 10.3. The van der Waals surface area contributed by atoms with Crippen molar-refractivity contribution >= 4 is 34.0 Å². The van der Waals surface area contributed by atoms with E-state index in [1.165, 1.54) is 21.9 Å². The predicted molar refractivity (Wildman–Crippen MR) is 146 cm³/mol. The molecule has 1 aromatic heterocycles. The molecule has 5 heteroatoms. The van der Waals surface area contributed by atoms with Gasteiger partial charge in [-0.3, -0.25) is 4.79 Å². The smallest absolute Gasteiger partial charge is 0.274 e. The fourth-order valence-electron chi connectivity index (χ4n) is 4.19. The van der Waals surface area contributed by atoms with Crippen LogP contribution in [0.15, 0.2) is 78.9 Å². The molecule has 35 heavy (non-hydrogen) atoms. The summed E-state index contributed by atoms with van der Waals surface area (Å²) < 4.78 is 0. The first kappa shape index (κ1) is 24.7. The number of pyridine rings is 1. The van der Waals surface area contributed by atoms with E-state index in [9.17, 15) is 4.79 Å². The Kier molecular flexibility index (Phi) is 7.42. The fraction of sp³-hybridized carbons (Fsp3) is 0.267. The maximum Gasteiger partial charge on any atom is 0.274 e. The number of benzene rings is 3. The van der Waals surface area contributed by atoms with Gasteiger partial charge in [-0.1, -0.05) is 99.1 Å². The largest absolute Gasteiger partial charge is 0.386 e. The highest BCUT2D eigenvalue weighted by Gasteiger charge is 2.22. The van der Waals surface area contributed by atoms with Crippen LogP contribution in [0, 0.1) is 0 Å². The molecule has 0 radical (unpaired) electrons. The van der Waals surface area contributed by atoms with Gasteiger partial charge in [0, 0.05) is 20.1 Å². The molecule has 0 unspecified atom stereocenters. The molecule has 4 aromatic rings. The van der Waals surface area contributed by atoms with Crippen molar-refractivity contribution in [3.05, 3.63) is 106 Å². The topological polar surface area (TPSA) is 45.2 Å². The maximum atomic E-state index is 13.7. The molecule has 0 aliphatic rings. The zero-order valence-corrected chi connectivity index (χ0v) is 21.6. The number of carbonyl (C=O) groups is 1. The van der Waals surface area contributed by atoms with Crippen LogP contribution in [-0.2, 0) is 18.4 Å². The van der Waals surface area contributed by atoms with Crippen molar-refractivity contribution in [3.63, 3.8) is 0 Å². The molecular formula is C30H32ClN3O. The molecule has 0 saturated carbocycles. The fourth-order valence-corrected chi connectivity index (χ4v) is 4.34. The Labute approximate surface area is 213 Å². The number of rotatable bonds is 7. The number of halogens is 1. The summed E-state index contributed by atoms with van der Waals surface area (Å²) in [6, 6.07) is 26.8. The highest BCUT2D eigenvalue weighted by Crippen LogP contribution is 2.24. The normalized spacial score (nSPS) is 11.5. The Morgan fingerprint density at radius 2 is 1.60 bits per heavy atom. The number of amides is 1. The van der Waals surface area contributed by atoms with Crippen molar-refractivity contribution in [3.8, 4) is 0 Å². The number of fused-ring (bicyclic) bond motifs is 1. The van der Waals surface area contributed by atoms with E-state index in [0.29, 0.717) is 29.6 Å². The molecule has 0 aliphatic carbocycles. The van der Waals surface area contributed by atoms with Crippen molar-refractivity contribution < 1.29 is 4.79 Å². The monoisotopic (exact) mass is 485 g/mol. The summed E-state index contributed by atoms with van der Waals surface area (Å²) in [7, 11) is 1.78. The standard InChI is InChI=1S/C30H32ClN3O/c1-30(2,3)25-13-10-22(11-14-25)20-34(29(35)28-26(32-4)15-16-27(31)33-28)18-17-21-9-12-23-7-5-6-8-24(23)19-21/h5-16,19,32H,17-18,20H2,1-4H3. The number of carbonyl (C=O) groups excluding carboxylic acids is 1. The van der Waals surface area contributed by atoms with Gasteiger partial charge in [-0.05, 0) is 51.4 Å². The molecular weight excluding hydrogens is 454 g/mol. The van der Waals surface area contributed by atoms with Crippen LogP contribution < -0.4 is 5.32 Å². The number of nitrogens with one attached hydrogen (secondary N) is 1. The van der Waals surface area contributed by atoms with Gasteiger partial charge in [0.05, 0.1) is 5.69 Å². The SMILES string of the molecule is CNc1ccc(Cl)nc1C(=O)N(CCc1ccc2ccccc2c1)Cc1ccc(C(C)(C)C)cc1. The molecule has 0 atom stereocenters. The average Bonchev–Trinajstić information content (AvgIpc) is 2.85. The lowest BCUT2D eigenvalue weighted by Crippen LogP contribution is -2.33. The second-order valence-electron chi connectivity index (χ2n) is 9.89. The van der Waals surface area contributed by atoms with Crippen molar-refractivity contribution in [2.45, 2.75) is 39.2 Å². The van der Waals surface area contributed by atoms with Crippen molar-refractivity contribution in [1.29, 1.82) is 0 Å². The zero-order valence-electron chi connectivity index (χ0n) is 20.8. The quantitative estimate of drug-likeness (QED) is 0.283. The lowest BCUT2D eigenvalue weighted by atomic mass is 9.87. The first-order chi connectivity index (χ1) is 16.7. The molecule has 0 bridgehead atoms. The van der Waals surface area contributed by atoms with Crippen LogP contribution in [0.5, 0.6) is 0 Å². The molecule has 4 rings (SSSR count). The van der Waals surface area contributed by atoms with Crippen LogP contribution in [0.3, 0.4) is 0 Å². The van der Waals surface area contributed by atoms with Crippen LogP contribution in [0.25, 0.3) is 10.8 Å². The Balaban J connectivity index is 1.61. The maximum absolute atomic E-state index is 13.7. The summed E-state index contributed by atoms with van der Waals surface area (Å²) in [5, 5.41) is 5.79. The lowest BCUT2D eigenvalue weighted by molar-refractivity contribution is 0.0740. The van der Waals surface area contributed by atoms with Gasteiger partial charge in [0.1, 0.15) is 5.15 Å². The molecule has 0 aliphatic heterocycles. The summed E-state index contributed by atoms with van der Waals surface area (Å²) in [6.45, 7) is 7.66. The zero-order chi connectivity index (χ0) is 25.0. The van der Waals surface area contributed by atoms with E-state index in [4.69, 9.17) is 11.6 Å². The summed E-state index contributed by atoms with van der Waals surface area (Å²) in [6.07, 6.45) is 0.742. The number of nitrogens with zero attached hydrogens (tertiary/aromatic N) is 2. The highest BCUT2D eigenvalue weighted by atomic mass is 35.5. The van der Waals surface area contributed by atoms with Gasteiger partial charge in [0.15, 0.2) is 5.69 Å². The molecule has 0 spiro atoms. The number of anilines is 1. The molecule has 1 N–H and O–H groups in total. The third-order valence-corrected chi connectivity index (χ3v) is 6.51. The summed E-state index contributed by atoms with van der Waals surface area (Å²) in [5.41, 5.74) is 4.62. The highest BCUT2D eigenvalue weighted by molar-refractivity contribution is 6.29. The van der Waals surface area contributed by atoms with Crippen molar-refractivity contribution in [2.24, 2.45) is 0 Å². The van der Waals surface area contributed by atoms with Crippen LogP contribution in [0.4, 0.5) is 5.69 Å². The summed E-state index contributed by atoms with van der Waals surface area (Å²) in [5.74, 6) is -0.141. The average molecular weight is 486 g/mol. The molecule has 4 nitrogen and oxygen atoms in total. The first-order valence-corrected chi connectivity index (χ1v) is 12.3. The van der Waals surface area contributed by atoms with E-state index in [2.05, 4.69) is 85.7 Å². The molecule has 3 aromatic carbocycles. The summed E-state index contributed by atoms with van der Waals surface area (Å²) >= 11 is 6.16. The lowest BCUT2D eigenvalue weighted by Gasteiger charge is -2.25. The van der Waals surface area contributed by atoms with Crippen LogP contribution in [-0.4, -0.2) is 29.4 Å². The third kappa shape index (κ3) is 6.01. The van der Waals surface area contributed by atoms with E-state index in [1.807, 2.05) is 17.0 Å². The van der Waals surface area contributed by atoms with E-state index in [-0.39, 0.29) is 11.3 Å². The van der Waals surface area contributed by atoms with Gasteiger partial charge in [0.2, 0.25) is 0 Å². The summed E-state index contributed by atoms with van der Waals surface area (Å²) in [4.78, 5) is 19.9. The van der Waals surface area contributed by atoms with Crippen LogP contribution in [0.1, 0.15) is 48.0 Å².